The molecule has 7 heteroatoms. The van der Waals surface area contributed by atoms with Crippen LogP contribution >= 0.6 is 0 Å². The summed E-state index contributed by atoms with van der Waals surface area (Å²) in [6.07, 6.45) is 3.23. The molecule has 1 rings (SSSR count). The average molecular weight is 268 g/mol. The zero-order chi connectivity index (χ0) is 14.6. The third-order valence-corrected chi connectivity index (χ3v) is 2.85. The van der Waals surface area contributed by atoms with Gasteiger partial charge in [-0.05, 0) is 20.3 Å². The molecule has 19 heavy (non-hydrogen) atoms. The highest BCUT2D eigenvalue weighted by atomic mass is 16.4. The third kappa shape index (κ3) is 3.70. The zero-order valence-electron chi connectivity index (χ0n) is 11.4. The molecule has 0 aromatic carbocycles. The largest absolute Gasteiger partial charge is 0.476 e. The molecule has 106 valence electrons. The van der Waals surface area contributed by atoms with E-state index in [1.165, 1.54) is 10.9 Å². The fourth-order valence-corrected chi connectivity index (χ4v) is 1.76. The van der Waals surface area contributed by atoms with Crippen molar-refractivity contribution < 1.29 is 14.7 Å². The fraction of sp³-hybridized carbons (Fsp3) is 0.583. The van der Waals surface area contributed by atoms with Crippen LogP contribution in [0.4, 0.5) is 5.69 Å². The van der Waals surface area contributed by atoms with E-state index in [-0.39, 0.29) is 23.3 Å². The van der Waals surface area contributed by atoms with Crippen molar-refractivity contribution in [2.75, 3.05) is 5.73 Å². The molecular weight excluding hydrogens is 248 g/mol. The summed E-state index contributed by atoms with van der Waals surface area (Å²) in [6.45, 7) is 5.61. The number of aromatic carboxylic acids is 1. The summed E-state index contributed by atoms with van der Waals surface area (Å²) in [6, 6.07) is -0.526. The van der Waals surface area contributed by atoms with Crippen molar-refractivity contribution in [3.63, 3.8) is 0 Å². The molecule has 0 aliphatic carbocycles. The minimum absolute atomic E-state index is 0.0498. The van der Waals surface area contributed by atoms with Gasteiger partial charge in [0.25, 0.3) is 0 Å². The van der Waals surface area contributed by atoms with Crippen LogP contribution in [0.1, 0.15) is 50.1 Å². The van der Waals surface area contributed by atoms with Crippen LogP contribution in [0.5, 0.6) is 0 Å². The minimum atomic E-state index is -1.21. The molecule has 0 saturated carbocycles. The first-order chi connectivity index (χ1) is 8.86. The van der Waals surface area contributed by atoms with Gasteiger partial charge in [0.05, 0.1) is 5.69 Å². The van der Waals surface area contributed by atoms with Gasteiger partial charge in [-0.1, -0.05) is 13.3 Å². The molecule has 0 fully saturated rings. The maximum absolute atomic E-state index is 12.0. The molecule has 0 aliphatic rings. The lowest BCUT2D eigenvalue weighted by molar-refractivity contribution is -0.124. The molecule has 0 bridgehead atoms. The molecule has 0 aliphatic heterocycles. The Morgan fingerprint density at radius 3 is 2.63 bits per heavy atom. The predicted octanol–water partition coefficient (Wildman–Crippen LogP) is 1.03. The highest BCUT2D eigenvalue weighted by Crippen LogP contribution is 2.14. The Labute approximate surface area is 111 Å². The number of hydrogen-bond acceptors (Lipinski definition) is 4. The summed E-state index contributed by atoms with van der Waals surface area (Å²) in [5.74, 6) is -1.41. The van der Waals surface area contributed by atoms with Crippen LogP contribution in [0.25, 0.3) is 0 Å². The number of aromatic nitrogens is 2. The van der Waals surface area contributed by atoms with E-state index in [1.54, 1.807) is 6.92 Å². The molecule has 7 nitrogen and oxygen atoms in total. The highest BCUT2D eigenvalue weighted by Gasteiger charge is 2.21. The maximum Gasteiger partial charge on any atom is 0.358 e. The van der Waals surface area contributed by atoms with Crippen LogP contribution in [0.3, 0.4) is 0 Å². The van der Waals surface area contributed by atoms with E-state index in [0.717, 1.165) is 12.8 Å². The van der Waals surface area contributed by atoms with Crippen molar-refractivity contribution in [2.45, 2.75) is 45.7 Å². The molecule has 1 aromatic rings. The van der Waals surface area contributed by atoms with E-state index in [2.05, 4.69) is 10.4 Å². The first kappa shape index (κ1) is 15.0. The fourth-order valence-electron chi connectivity index (χ4n) is 1.76. The molecule has 2 unspecified atom stereocenters. The van der Waals surface area contributed by atoms with E-state index in [1.807, 2.05) is 13.8 Å². The molecule has 0 radical (unpaired) electrons. The Hall–Kier alpha value is -2.05. The maximum atomic E-state index is 12.0. The Morgan fingerprint density at radius 2 is 2.16 bits per heavy atom. The van der Waals surface area contributed by atoms with Gasteiger partial charge in [-0.25, -0.2) is 4.79 Å². The molecular formula is C12H20N4O3. The van der Waals surface area contributed by atoms with Crippen molar-refractivity contribution in [3.8, 4) is 0 Å². The molecule has 1 amide bonds. The van der Waals surface area contributed by atoms with Gasteiger partial charge in [0.1, 0.15) is 6.04 Å². The van der Waals surface area contributed by atoms with Crippen molar-refractivity contribution in [3.05, 3.63) is 11.9 Å². The number of nitrogens with one attached hydrogen (secondary N) is 1. The number of nitrogens with two attached hydrogens (primary N) is 1. The minimum Gasteiger partial charge on any atom is -0.476 e. The van der Waals surface area contributed by atoms with Gasteiger partial charge in [-0.3, -0.25) is 9.48 Å². The number of anilines is 1. The van der Waals surface area contributed by atoms with Gasteiger partial charge < -0.3 is 16.2 Å². The van der Waals surface area contributed by atoms with E-state index in [4.69, 9.17) is 10.8 Å². The number of nitrogen functional groups attached to an aromatic ring is 1. The van der Waals surface area contributed by atoms with E-state index < -0.39 is 12.0 Å². The number of amides is 1. The molecule has 1 aromatic heterocycles. The third-order valence-electron chi connectivity index (χ3n) is 2.85. The lowest BCUT2D eigenvalue weighted by Gasteiger charge is -2.17. The number of nitrogens with zero attached hydrogens (tertiary/aromatic N) is 2. The van der Waals surface area contributed by atoms with E-state index in [9.17, 15) is 9.59 Å². The number of hydrogen-bond donors (Lipinski definition) is 3. The van der Waals surface area contributed by atoms with Crippen LogP contribution in [-0.2, 0) is 4.79 Å². The lowest BCUT2D eigenvalue weighted by atomic mass is 10.2. The smallest absolute Gasteiger partial charge is 0.358 e. The summed E-state index contributed by atoms with van der Waals surface area (Å²) in [5, 5.41) is 15.5. The topological polar surface area (TPSA) is 110 Å². The van der Waals surface area contributed by atoms with Crippen molar-refractivity contribution in [1.29, 1.82) is 0 Å². The first-order valence-electron chi connectivity index (χ1n) is 6.25. The van der Waals surface area contributed by atoms with Gasteiger partial charge in [-0.15, -0.1) is 0 Å². The second kappa shape index (κ2) is 6.21. The SMILES string of the molecule is CCCC(C)NC(=O)C(C)n1cc(N)c(C(=O)O)n1. The predicted molar refractivity (Wildman–Crippen MR) is 70.8 cm³/mol. The monoisotopic (exact) mass is 268 g/mol. The summed E-state index contributed by atoms with van der Waals surface area (Å²) in [7, 11) is 0. The van der Waals surface area contributed by atoms with Crippen LogP contribution in [0, 0.1) is 0 Å². The Balaban J connectivity index is 2.77. The molecule has 1 heterocycles. The number of carbonyl (C=O) groups is 2. The van der Waals surface area contributed by atoms with Crippen LogP contribution in [0.15, 0.2) is 6.20 Å². The molecule has 0 spiro atoms. The summed E-state index contributed by atoms with van der Waals surface area (Å²) in [4.78, 5) is 22.8. The molecule has 4 N–H and O–H groups in total. The lowest BCUT2D eigenvalue weighted by Crippen LogP contribution is -2.37. The van der Waals surface area contributed by atoms with Gasteiger partial charge >= 0.3 is 5.97 Å². The molecule has 0 saturated heterocycles. The second-order valence-corrected chi connectivity index (χ2v) is 4.59. The number of carbonyl (C=O) groups excluding carboxylic acids is 1. The highest BCUT2D eigenvalue weighted by molar-refractivity contribution is 5.91. The second-order valence-electron chi connectivity index (χ2n) is 4.59. The average Bonchev–Trinajstić information content (AvgIpc) is 2.70. The number of rotatable bonds is 6. The van der Waals surface area contributed by atoms with Crippen molar-refractivity contribution in [1.82, 2.24) is 15.1 Å². The normalized spacial score (nSPS) is 13.8. The summed E-state index contributed by atoms with van der Waals surface area (Å²) in [5.41, 5.74) is 5.35. The summed E-state index contributed by atoms with van der Waals surface area (Å²) >= 11 is 0. The Morgan fingerprint density at radius 1 is 1.53 bits per heavy atom. The van der Waals surface area contributed by atoms with Gasteiger partial charge in [0, 0.05) is 12.2 Å². The number of carboxylic acid groups (broad SMARTS) is 1. The molecule has 2 atom stereocenters. The standard InChI is InChI=1S/C12H20N4O3/c1-4-5-7(2)14-11(17)8(3)16-6-9(13)10(15-16)12(18)19/h6-8H,4-5,13H2,1-3H3,(H,14,17)(H,18,19). The summed E-state index contributed by atoms with van der Waals surface area (Å²) < 4.78 is 1.27. The van der Waals surface area contributed by atoms with E-state index >= 15 is 0 Å². The number of carboxylic acids is 1. The van der Waals surface area contributed by atoms with Crippen molar-refractivity contribution in [2.24, 2.45) is 0 Å². The van der Waals surface area contributed by atoms with Gasteiger partial charge in [0.2, 0.25) is 5.91 Å². The van der Waals surface area contributed by atoms with Crippen LogP contribution in [0.2, 0.25) is 0 Å². The van der Waals surface area contributed by atoms with Gasteiger partial charge in [-0.2, -0.15) is 5.10 Å². The quantitative estimate of drug-likeness (QED) is 0.713. The van der Waals surface area contributed by atoms with Crippen LogP contribution in [-0.4, -0.2) is 32.8 Å². The first-order valence-corrected chi connectivity index (χ1v) is 6.25. The zero-order valence-corrected chi connectivity index (χ0v) is 11.4. The van der Waals surface area contributed by atoms with Crippen LogP contribution < -0.4 is 11.1 Å². The Bertz CT molecular complexity index is 470. The van der Waals surface area contributed by atoms with Crippen molar-refractivity contribution >= 4 is 17.6 Å². The Kier molecular flexibility index (Phi) is 4.91. The van der Waals surface area contributed by atoms with E-state index in [0.29, 0.717) is 0 Å². The van der Waals surface area contributed by atoms with Gasteiger partial charge in [0.15, 0.2) is 5.69 Å².